The zero-order chi connectivity index (χ0) is 64.6. The van der Waals surface area contributed by atoms with E-state index < -0.39 is 16.1 Å². The standard InChI is InChI=1S/C90H68N2O2Si2/c1-95(2,3)81-37-21-33-71-69-31-19-35-79(87(69)93-89(71)81)91(85-67(59-27-15-9-16-28-59)49-43-61-39-41-65(55-75(61)85)57-23-11-7-12-24-57)77-53-47-63-46-52-74-78(54-48-64-45-51-73(77)83(63)84(64)74)92(80-36-20-32-70-72-34-22-38-82(96(4,5)6)90(72)94-88(70)80)86-68(60-29-17-10-18-30-60)50-44-62-40-42-66(56-76(62)86)58-25-13-8-14-26-58/h7-56H,1-6H3. The van der Waals surface area contributed by atoms with Crippen LogP contribution < -0.4 is 20.2 Å². The lowest BCUT2D eigenvalue weighted by atomic mass is 9.90. The van der Waals surface area contributed by atoms with Crippen LogP contribution in [0.25, 0.3) is 142 Å². The maximum Gasteiger partial charge on any atom is 0.159 e. The van der Waals surface area contributed by atoms with Gasteiger partial charge in [-0.2, -0.15) is 0 Å². The lowest BCUT2D eigenvalue weighted by molar-refractivity contribution is 0.671. The van der Waals surface area contributed by atoms with Gasteiger partial charge in [0.25, 0.3) is 0 Å². The Labute approximate surface area is 560 Å². The predicted octanol–water partition coefficient (Wildman–Crippen LogP) is 25.4. The molecule has 6 heteroatoms. The van der Waals surface area contributed by atoms with Crippen molar-refractivity contribution in [3.63, 3.8) is 0 Å². The molecular formula is C90H68N2O2Si2. The quantitative estimate of drug-likeness (QED) is 0.0901. The second-order valence-electron chi connectivity index (χ2n) is 27.9. The number of fused-ring (bicyclic) bond motifs is 8. The van der Waals surface area contributed by atoms with Gasteiger partial charge in [0, 0.05) is 54.2 Å². The van der Waals surface area contributed by atoms with Crippen LogP contribution in [-0.2, 0) is 0 Å². The van der Waals surface area contributed by atoms with E-state index in [1.807, 2.05) is 0 Å². The summed E-state index contributed by atoms with van der Waals surface area (Å²) in [4.78, 5) is 5.11. The molecular weight excluding hydrogens is 1200 g/mol. The van der Waals surface area contributed by atoms with E-state index in [1.165, 1.54) is 21.1 Å². The first-order chi connectivity index (χ1) is 46.9. The molecule has 0 bridgehead atoms. The smallest absolute Gasteiger partial charge is 0.159 e. The summed E-state index contributed by atoms with van der Waals surface area (Å²) in [5.74, 6) is 0. The Bertz CT molecular complexity index is 5720. The van der Waals surface area contributed by atoms with Crippen LogP contribution in [0.1, 0.15) is 0 Å². The van der Waals surface area contributed by atoms with Crippen LogP contribution in [0, 0.1) is 0 Å². The molecule has 4 nitrogen and oxygen atoms in total. The summed E-state index contributed by atoms with van der Waals surface area (Å²) >= 11 is 0. The van der Waals surface area contributed by atoms with E-state index in [9.17, 15) is 0 Å². The average molecular weight is 1270 g/mol. The molecule has 0 aliphatic carbocycles. The summed E-state index contributed by atoms with van der Waals surface area (Å²) < 4.78 is 15.1. The molecule has 0 saturated carbocycles. The van der Waals surface area contributed by atoms with Gasteiger partial charge in [-0.15, -0.1) is 0 Å². The second kappa shape index (κ2) is 22.2. The van der Waals surface area contributed by atoms with Gasteiger partial charge < -0.3 is 18.6 Å². The van der Waals surface area contributed by atoms with Crippen molar-refractivity contribution in [1.82, 2.24) is 0 Å². The molecule has 0 spiro atoms. The fourth-order valence-corrected chi connectivity index (χ4v) is 18.4. The van der Waals surface area contributed by atoms with E-state index in [0.717, 1.165) is 166 Å². The summed E-state index contributed by atoms with van der Waals surface area (Å²) in [7, 11) is -3.78. The maximum atomic E-state index is 7.53. The summed E-state index contributed by atoms with van der Waals surface area (Å²) in [6, 6.07) is 113. The Morgan fingerprint density at radius 2 is 0.562 bits per heavy atom. The monoisotopic (exact) mass is 1260 g/mol. The minimum atomic E-state index is -1.89. The summed E-state index contributed by atoms with van der Waals surface area (Å²) in [5.41, 5.74) is 19.0. The molecule has 0 aliphatic heterocycles. The normalized spacial score (nSPS) is 12.3. The summed E-state index contributed by atoms with van der Waals surface area (Å²) in [5, 5.41) is 18.6. The zero-order valence-electron chi connectivity index (χ0n) is 54.6. The topological polar surface area (TPSA) is 32.8 Å². The first-order valence-corrected chi connectivity index (χ1v) is 40.5. The van der Waals surface area contributed by atoms with Crippen LogP contribution >= 0.6 is 0 Å². The van der Waals surface area contributed by atoms with E-state index in [2.05, 4.69) is 352 Å². The van der Waals surface area contributed by atoms with Gasteiger partial charge >= 0.3 is 0 Å². The van der Waals surface area contributed by atoms with E-state index >= 15 is 0 Å². The highest BCUT2D eigenvalue weighted by Gasteiger charge is 2.32. The van der Waals surface area contributed by atoms with Gasteiger partial charge in [-0.25, -0.2) is 0 Å². The molecule has 0 N–H and O–H groups in total. The van der Waals surface area contributed by atoms with Crippen LogP contribution in [-0.4, -0.2) is 16.1 Å². The van der Waals surface area contributed by atoms with E-state index in [0.29, 0.717) is 0 Å². The van der Waals surface area contributed by atoms with Gasteiger partial charge in [0.1, 0.15) is 11.2 Å². The van der Waals surface area contributed by atoms with Crippen LogP contribution in [0.4, 0.5) is 34.1 Å². The number of anilines is 6. The average Bonchev–Trinajstić information content (AvgIpc) is 0.980. The summed E-state index contributed by atoms with van der Waals surface area (Å²) in [6.07, 6.45) is 0. The molecule has 0 radical (unpaired) electrons. The van der Waals surface area contributed by atoms with Crippen molar-refractivity contribution in [2.75, 3.05) is 9.80 Å². The molecule has 18 aromatic rings. The van der Waals surface area contributed by atoms with E-state index in [1.54, 1.807) is 0 Å². The number of hydrogen-bond acceptors (Lipinski definition) is 4. The SMILES string of the molecule is C[Si](C)(C)c1cccc2c1oc1c(N(c3c(-c4ccccc4)ccc4ccc(-c5ccccc5)cc34)c3ccc4ccc5c(N(c6c(-c7ccccc7)ccc7ccc(-c8ccccc8)cc67)c6cccc7c6oc6c([Si](C)(C)C)cccc67)ccc6ccc3c4c65)cccc12. The van der Waals surface area contributed by atoms with Crippen molar-refractivity contribution >= 4 is 158 Å². The largest absolute Gasteiger partial charge is 0.454 e. The van der Waals surface area contributed by atoms with Crippen molar-refractivity contribution in [3.05, 3.63) is 303 Å². The molecule has 0 aliphatic rings. The van der Waals surface area contributed by atoms with Gasteiger partial charge in [-0.1, -0.05) is 306 Å². The van der Waals surface area contributed by atoms with Gasteiger partial charge in [0.15, 0.2) is 11.2 Å². The molecule has 2 heterocycles. The predicted molar refractivity (Wildman–Crippen MR) is 417 cm³/mol. The molecule has 0 amide bonds. The summed E-state index contributed by atoms with van der Waals surface area (Å²) in [6.45, 7) is 14.5. The third kappa shape index (κ3) is 9.22. The Balaban J connectivity index is 0.967. The van der Waals surface area contributed by atoms with Gasteiger partial charge in [0.2, 0.25) is 0 Å². The van der Waals surface area contributed by atoms with Crippen LogP contribution in [0.15, 0.2) is 312 Å². The first kappa shape index (κ1) is 57.4. The lowest BCUT2D eigenvalue weighted by Crippen LogP contribution is -2.37. The maximum absolute atomic E-state index is 7.53. The zero-order valence-corrected chi connectivity index (χ0v) is 56.6. The first-order valence-electron chi connectivity index (χ1n) is 33.5. The highest BCUT2D eigenvalue weighted by molar-refractivity contribution is 6.90. The highest BCUT2D eigenvalue weighted by Crippen LogP contribution is 2.55. The van der Waals surface area contributed by atoms with Gasteiger partial charge in [0.05, 0.1) is 50.3 Å². The number of nitrogens with zero attached hydrogens (tertiary/aromatic N) is 2. The number of para-hydroxylation sites is 4. The fourth-order valence-electron chi connectivity index (χ4n) is 15.5. The van der Waals surface area contributed by atoms with Crippen LogP contribution in [0.3, 0.4) is 0 Å². The molecule has 96 heavy (non-hydrogen) atoms. The molecule has 18 rings (SSSR count). The highest BCUT2D eigenvalue weighted by atomic mass is 28.3. The molecule has 2 aromatic heterocycles. The Kier molecular flexibility index (Phi) is 13.3. The fraction of sp³-hybridized carbons (Fsp3) is 0.0667. The number of rotatable bonds is 12. The third-order valence-electron chi connectivity index (χ3n) is 20.0. The van der Waals surface area contributed by atoms with Crippen LogP contribution in [0.5, 0.6) is 0 Å². The Morgan fingerprint density at radius 1 is 0.229 bits per heavy atom. The molecule has 16 aromatic carbocycles. The van der Waals surface area contributed by atoms with Crippen molar-refractivity contribution < 1.29 is 8.83 Å². The molecule has 0 atom stereocenters. The van der Waals surface area contributed by atoms with Crippen molar-refractivity contribution in [2.45, 2.75) is 39.3 Å². The molecule has 0 saturated heterocycles. The molecule has 0 unspecified atom stereocenters. The molecule has 458 valence electrons. The number of furan rings is 2. The van der Waals surface area contributed by atoms with Crippen molar-refractivity contribution in [3.8, 4) is 44.5 Å². The Morgan fingerprint density at radius 3 is 0.948 bits per heavy atom. The van der Waals surface area contributed by atoms with E-state index in [-0.39, 0.29) is 0 Å². The van der Waals surface area contributed by atoms with Gasteiger partial charge in [-0.3, -0.25) is 0 Å². The van der Waals surface area contributed by atoms with Gasteiger partial charge in [-0.05, 0) is 112 Å². The Hall–Kier alpha value is -11.3. The number of hydrogen-bond donors (Lipinski definition) is 0. The third-order valence-corrected chi connectivity index (χ3v) is 24.0. The minimum Gasteiger partial charge on any atom is -0.454 e. The lowest BCUT2D eigenvalue weighted by Gasteiger charge is -2.32. The van der Waals surface area contributed by atoms with E-state index in [4.69, 9.17) is 8.83 Å². The minimum absolute atomic E-state index is 0.855. The van der Waals surface area contributed by atoms with Crippen LogP contribution in [0.2, 0.25) is 39.3 Å². The number of benzene rings is 16. The van der Waals surface area contributed by atoms with Crippen molar-refractivity contribution in [2.24, 2.45) is 0 Å². The van der Waals surface area contributed by atoms with Crippen molar-refractivity contribution in [1.29, 1.82) is 0 Å². The molecule has 0 fully saturated rings. The second-order valence-corrected chi connectivity index (χ2v) is 38.0.